The number of hydrogen-bond donors (Lipinski definition) is 1. The first-order valence-corrected chi connectivity index (χ1v) is 6.83. The number of carbonyl (C=O) groups excluding carboxylic acids is 1. The number of benzene rings is 1. The lowest BCUT2D eigenvalue weighted by molar-refractivity contribution is -0.125. The van der Waals surface area contributed by atoms with Gasteiger partial charge in [-0.1, -0.05) is 19.9 Å². The Hall–Kier alpha value is -1.55. The standard InChI is InChI=1S/C15H22N2O2/c1-5-10(6-2)16(3)11-7-8-12-13(9-11)17(4)15(19)14(12)18/h7-10,14,18H,5-6H2,1-4H3. The number of carbonyl (C=O) groups is 1. The number of anilines is 2. The fourth-order valence-corrected chi connectivity index (χ4v) is 2.76. The van der Waals surface area contributed by atoms with Gasteiger partial charge in [-0.15, -0.1) is 0 Å². The van der Waals surface area contributed by atoms with Crippen LogP contribution in [-0.4, -0.2) is 31.2 Å². The van der Waals surface area contributed by atoms with Crippen LogP contribution >= 0.6 is 0 Å². The van der Waals surface area contributed by atoms with Gasteiger partial charge in [0.05, 0.1) is 5.69 Å². The molecule has 2 rings (SSSR count). The third-order valence-electron chi connectivity index (χ3n) is 4.13. The number of amides is 1. The highest BCUT2D eigenvalue weighted by Crippen LogP contribution is 2.37. The molecule has 4 nitrogen and oxygen atoms in total. The van der Waals surface area contributed by atoms with Crippen LogP contribution in [0.4, 0.5) is 11.4 Å². The average molecular weight is 262 g/mol. The number of fused-ring (bicyclic) bond motifs is 1. The first-order chi connectivity index (χ1) is 9.01. The first kappa shape index (κ1) is 13.9. The van der Waals surface area contributed by atoms with Crippen LogP contribution in [0.25, 0.3) is 0 Å². The molecule has 1 aromatic rings. The van der Waals surface area contributed by atoms with Crippen LogP contribution in [0.3, 0.4) is 0 Å². The SMILES string of the molecule is CCC(CC)N(C)c1ccc2c(c1)N(C)C(=O)C2O. The highest BCUT2D eigenvalue weighted by Gasteiger charge is 2.33. The van der Waals surface area contributed by atoms with E-state index >= 15 is 0 Å². The molecular weight excluding hydrogens is 240 g/mol. The zero-order valence-corrected chi connectivity index (χ0v) is 12.1. The Bertz CT molecular complexity index is 483. The Balaban J connectivity index is 2.35. The van der Waals surface area contributed by atoms with E-state index in [9.17, 15) is 9.90 Å². The van der Waals surface area contributed by atoms with E-state index in [2.05, 4.69) is 25.8 Å². The summed E-state index contributed by atoms with van der Waals surface area (Å²) in [4.78, 5) is 15.5. The van der Waals surface area contributed by atoms with Gasteiger partial charge < -0.3 is 14.9 Å². The summed E-state index contributed by atoms with van der Waals surface area (Å²) in [6.07, 6.45) is 1.16. The number of likely N-dealkylation sites (N-methyl/N-ethyl adjacent to an activating group) is 1. The lowest BCUT2D eigenvalue weighted by Gasteiger charge is -2.29. The van der Waals surface area contributed by atoms with Crippen molar-refractivity contribution >= 4 is 17.3 Å². The molecule has 1 amide bonds. The summed E-state index contributed by atoms with van der Waals surface area (Å²) in [6.45, 7) is 4.36. The molecule has 0 fully saturated rings. The number of hydrogen-bond acceptors (Lipinski definition) is 3. The quantitative estimate of drug-likeness (QED) is 0.905. The molecule has 0 saturated carbocycles. The third kappa shape index (κ3) is 2.21. The van der Waals surface area contributed by atoms with Gasteiger partial charge in [-0.25, -0.2) is 0 Å². The summed E-state index contributed by atoms with van der Waals surface area (Å²) in [7, 11) is 3.78. The van der Waals surface area contributed by atoms with Crippen molar-refractivity contribution in [2.24, 2.45) is 0 Å². The third-order valence-corrected chi connectivity index (χ3v) is 4.13. The maximum Gasteiger partial charge on any atom is 0.260 e. The van der Waals surface area contributed by atoms with Gasteiger partial charge in [0.25, 0.3) is 5.91 Å². The molecule has 1 heterocycles. The molecule has 0 spiro atoms. The van der Waals surface area contributed by atoms with Crippen molar-refractivity contribution in [3.05, 3.63) is 23.8 Å². The minimum absolute atomic E-state index is 0.252. The van der Waals surface area contributed by atoms with Crippen molar-refractivity contribution < 1.29 is 9.90 Å². The molecule has 1 aliphatic heterocycles. The van der Waals surface area contributed by atoms with Gasteiger partial charge in [0.15, 0.2) is 6.10 Å². The minimum Gasteiger partial charge on any atom is -0.378 e. The summed E-state index contributed by atoms with van der Waals surface area (Å²) in [5.41, 5.74) is 2.60. The summed E-state index contributed by atoms with van der Waals surface area (Å²) in [6, 6.07) is 6.31. The molecule has 19 heavy (non-hydrogen) atoms. The lowest BCUT2D eigenvalue weighted by Crippen LogP contribution is -2.30. The summed E-state index contributed by atoms with van der Waals surface area (Å²) < 4.78 is 0. The second-order valence-electron chi connectivity index (χ2n) is 5.12. The number of nitrogens with zero attached hydrogens (tertiary/aromatic N) is 2. The Morgan fingerprint density at radius 3 is 2.58 bits per heavy atom. The van der Waals surface area contributed by atoms with Crippen LogP contribution in [0.5, 0.6) is 0 Å². The van der Waals surface area contributed by atoms with E-state index in [1.54, 1.807) is 7.05 Å². The molecule has 1 aliphatic rings. The minimum atomic E-state index is -1.01. The van der Waals surface area contributed by atoms with E-state index in [-0.39, 0.29) is 5.91 Å². The predicted octanol–water partition coefficient (Wildman–Crippen LogP) is 2.32. The second-order valence-corrected chi connectivity index (χ2v) is 5.12. The van der Waals surface area contributed by atoms with Crippen molar-refractivity contribution in [3.63, 3.8) is 0 Å². The van der Waals surface area contributed by atoms with Crippen molar-refractivity contribution in [3.8, 4) is 0 Å². The van der Waals surface area contributed by atoms with Gasteiger partial charge in [0.2, 0.25) is 0 Å². The summed E-state index contributed by atoms with van der Waals surface area (Å²) in [5.74, 6) is -0.252. The predicted molar refractivity (Wildman–Crippen MR) is 77.6 cm³/mol. The number of aliphatic hydroxyl groups is 1. The number of rotatable bonds is 4. The van der Waals surface area contributed by atoms with Gasteiger partial charge >= 0.3 is 0 Å². The fraction of sp³-hybridized carbons (Fsp3) is 0.533. The molecule has 1 aromatic carbocycles. The normalized spacial score (nSPS) is 18.1. The van der Waals surface area contributed by atoms with E-state index in [1.165, 1.54) is 4.90 Å². The van der Waals surface area contributed by atoms with Crippen molar-refractivity contribution in [2.45, 2.75) is 38.8 Å². The molecule has 1 atom stereocenters. The van der Waals surface area contributed by atoms with Crippen molar-refractivity contribution in [1.29, 1.82) is 0 Å². The smallest absolute Gasteiger partial charge is 0.260 e. The van der Waals surface area contributed by atoms with E-state index in [1.807, 2.05) is 18.2 Å². The maximum absolute atomic E-state index is 11.8. The van der Waals surface area contributed by atoms with Crippen molar-refractivity contribution in [1.82, 2.24) is 0 Å². The maximum atomic E-state index is 11.8. The first-order valence-electron chi connectivity index (χ1n) is 6.83. The molecule has 1 unspecified atom stereocenters. The summed E-state index contributed by atoms with van der Waals surface area (Å²) >= 11 is 0. The van der Waals surface area contributed by atoms with Gasteiger partial charge in [-0.3, -0.25) is 4.79 Å². The fourth-order valence-electron chi connectivity index (χ4n) is 2.76. The molecular formula is C15H22N2O2. The van der Waals surface area contributed by atoms with Crippen LogP contribution in [0.2, 0.25) is 0 Å². The van der Waals surface area contributed by atoms with Crippen LogP contribution in [0, 0.1) is 0 Å². The zero-order chi connectivity index (χ0) is 14.2. The van der Waals surface area contributed by atoms with Crippen LogP contribution in [-0.2, 0) is 4.79 Å². The van der Waals surface area contributed by atoms with Gasteiger partial charge in [-0.2, -0.15) is 0 Å². The van der Waals surface area contributed by atoms with Crippen LogP contribution in [0.1, 0.15) is 38.4 Å². The largest absolute Gasteiger partial charge is 0.378 e. The van der Waals surface area contributed by atoms with E-state index in [0.29, 0.717) is 11.6 Å². The Kier molecular flexibility index (Phi) is 3.80. The monoisotopic (exact) mass is 262 g/mol. The molecule has 4 heteroatoms. The number of aliphatic hydroxyl groups excluding tert-OH is 1. The average Bonchev–Trinajstić information content (AvgIpc) is 2.65. The topological polar surface area (TPSA) is 43.8 Å². The Morgan fingerprint density at radius 1 is 1.37 bits per heavy atom. The zero-order valence-electron chi connectivity index (χ0n) is 12.1. The van der Waals surface area contributed by atoms with Crippen LogP contribution < -0.4 is 9.80 Å². The van der Waals surface area contributed by atoms with Gasteiger partial charge in [-0.05, 0) is 25.0 Å². The highest BCUT2D eigenvalue weighted by atomic mass is 16.3. The van der Waals surface area contributed by atoms with E-state index in [4.69, 9.17) is 0 Å². The van der Waals surface area contributed by atoms with Crippen molar-refractivity contribution in [2.75, 3.05) is 23.9 Å². The van der Waals surface area contributed by atoms with Crippen LogP contribution in [0.15, 0.2) is 18.2 Å². The molecule has 0 aromatic heterocycles. The van der Waals surface area contributed by atoms with E-state index in [0.717, 1.165) is 24.2 Å². The van der Waals surface area contributed by atoms with E-state index < -0.39 is 6.10 Å². The van der Waals surface area contributed by atoms with Gasteiger partial charge in [0.1, 0.15) is 0 Å². The molecule has 0 saturated heterocycles. The van der Waals surface area contributed by atoms with Gasteiger partial charge in [0, 0.05) is 31.4 Å². The highest BCUT2D eigenvalue weighted by molar-refractivity contribution is 6.03. The Morgan fingerprint density at radius 2 is 2.00 bits per heavy atom. The molecule has 0 aliphatic carbocycles. The summed E-state index contributed by atoms with van der Waals surface area (Å²) in [5, 5.41) is 9.85. The lowest BCUT2D eigenvalue weighted by atomic mass is 10.1. The molecule has 1 N–H and O–H groups in total. The second kappa shape index (κ2) is 5.21. The molecule has 104 valence electrons. The molecule has 0 bridgehead atoms. The Labute approximate surface area is 114 Å². The molecule has 0 radical (unpaired) electrons.